The number of urea groups is 1. The van der Waals surface area contributed by atoms with Gasteiger partial charge in [0, 0.05) is 6.54 Å². The smallest absolute Gasteiger partial charge is 0.328 e. The average molecular weight is 789 g/mol. The van der Waals surface area contributed by atoms with E-state index >= 15 is 0 Å². The first-order valence-electron chi connectivity index (χ1n) is 20.2. The monoisotopic (exact) mass is 789 g/mol. The number of carboxylic acid groups (broad SMARTS) is 1. The van der Waals surface area contributed by atoms with Gasteiger partial charge in [0.15, 0.2) is 0 Å². The van der Waals surface area contributed by atoms with E-state index < -0.39 is 85.7 Å². The average Bonchev–Trinajstić information content (AvgIpc) is 3.17. The van der Waals surface area contributed by atoms with Gasteiger partial charge < -0.3 is 63.8 Å². The quantitative estimate of drug-likeness (QED) is 0.0378. The van der Waals surface area contributed by atoms with Crippen LogP contribution in [0.4, 0.5) is 4.79 Å². The first kappa shape index (κ1) is 51.4. The second-order valence-electron chi connectivity index (χ2n) is 13.9. The molecule has 0 rings (SSSR count). The topological polar surface area (TPSA) is 308 Å². The molecule has 6 amide bonds. The number of carbonyl (C=O) groups is 6. The van der Waals surface area contributed by atoms with E-state index in [2.05, 4.69) is 38.8 Å². The molecule has 320 valence electrons. The maximum absolute atomic E-state index is 13.2. The summed E-state index contributed by atoms with van der Waals surface area (Å²) in [5.74, 6) is -5.28. The van der Waals surface area contributed by atoms with Gasteiger partial charge in [-0.05, 0) is 51.6 Å². The Hall–Kier alpha value is -3.58. The Kier molecular flexibility index (Phi) is 31.5. The Morgan fingerprint density at radius 1 is 0.455 bits per heavy atom. The highest BCUT2D eigenvalue weighted by Gasteiger charge is 2.32. The molecule has 0 aliphatic rings. The number of aliphatic carboxylic acids is 1. The molecule has 5 atom stereocenters. The van der Waals surface area contributed by atoms with Gasteiger partial charge in [0.1, 0.15) is 30.2 Å². The summed E-state index contributed by atoms with van der Waals surface area (Å²) in [6.07, 6.45) is 18.5. The number of rotatable bonds is 35. The normalized spacial score (nSPS) is 13.8. The lowest BCUT2D eigenvalue weighted by Gasteiger charge is -2.25. The molecule has 18 heteroatoms. The molecule has 0 aromatic rings. The maximum Gasteiger partial charge on any atom is 0.328 e. The molecule has 0 saturated heterocycles. The van der Waals surface area contributed by atoms with Crippen molar-refractivity contribution in [3.63, 3.8) is 0 Å². The first-order valence-corrected chi connectivity index (χ1v) is 20.2. The number of hydrogen-bond acceptors (Lipinski definition) is 11. The Balaban J connectivity index is 4.97. The van der Waals surface area contributed by atoms with Crippen molar-refractivity contribution in [3.05, 3.63) is 0 Å². The van der Waals surface area contributed by atoms with Gasteiger partial charge >= 0.3 is 12.0 Å². The van der Waals surface area contributed by atoms with Gasteiger partial charge in [0.05, 0.1) is 19.8 Å². The zero-order valence-electron chi connectivity index (χ0n) is 33.0. The number of carboxylic acids is 1. The lowest BCUT2D eigenvalue weighted by molar-refractivity contribution is -0.143. The fourth-order valence-corrected chi connectivity index (χ4v) is 5.75. The third-order valence-electron chi connectivity index (χ3n) is 9.14. The van der Waals surface area contributed by atoms with Crippen LogP contribution >= 0.6 is 0 Å². The molecule has 0 aromatic heterocycles. The number of nitrogens with one attached hydrogen (secondary N) is 6. The Morgan fingerprint density at radius 2 is 0.818 bits per heavy atom. The fraction of sp³-hybridized carbons (Fsp3) is 0.838. The van der Waals surface area contributed by atoms with Crippen molar-refractivity contribution >= 4 is 35.6 Å². The summed E-state index contributed by atoms with van der Waals surface area (Å²) < 4.78 is 0. The van der Waals surface area contributed by atoms with Crippen LogP contribution in [0.5, 0.6) is 0 Å². The highest BCUT2D eigenvalue weighted by atomic mass is 16.4. The van der Waals surface area contributed by atoms with Crippen LogP contribution < -0.4 is 43.4 Å². The number of aliphatic hydroxyl groups excluding tert-OH is 3. The molecule has 0 aliphatic heterocycles. The molecule has 0 bridgehead atoms. The van der Waals surface area contributed by atoms with Crippen molar-refractivity contribution in [3.8, 4) is 0 Å². The highest BCUT2D eigenvalue weighted by molar-refractivity contribution is 5.96. The minimum Gasteiger partial charge on any atom is -0.480 e. The number of nitrogens with two attached hydrogens (primary N) is 2. The molecule has 0 aromatic carbocycles. The molecule has 18 nitrogen and oxygen atoms in total. The van der Waals surface area contributed by atoms with Gasteiger partial charge in [0.25, 0.3) is 0 Å². The van der Waals surface area contributed by atoms with Crippen LogP contribution in [0.3, 0.4) is 0 Å². The van der Waals surface area contributed by atoms with E-state index in [4.69, 9.17) is 16.6 Å². The van der Waals surface area contributed by atoms with Gasteiger partial charge in [0.2, 0.25) is 23.6 Å². The predicted molar refractivity (Wildman–Crippen MR) is 208 cm³/mol. The van der Waals surface area contributed by atoms with Crippen molar-refractivity contribution in [2.45, 2.75) is 159 Å². The largest absolute Gasteiger partial charge is 0.480 e. The van der Waals surface area contributed by atoms with E-state index in [0.29, 0.717) is 25.9 Å². The maximum atomic E-state index is 13.2. The van der Waals surface area contributed by atoms with E-state index in [0.717, 1.165) is 25.7 Å². The standard InChI is InChI=1S/C37H72N8O10/c1-2-3-4-5-6-7-8-9-10-11-12-13-14-17-23-40-37(55)45-28(19-15-16-21-38)33(50)42-30(25-47)35(52)43-29(24-46)34(51)41-27(20-18-22-39)32(49)44-31(26-48)36(53)54/h27-31,46-48H,2-26,38-39H2,1H3,(H,41,51)(H,42,50)(H,43,52)(H,44,49)(H,53,54)(H2,40,45,55)/t27-,28-,29-,30-,31-/m0/s1. The van der Waals surface area contributed by atoms with Crippen LogP contribution in [0.1, 0.15) is 129 Å². The van der Waals surface area contributed by atoms with E-state index in [1.807, 2.05) is 0 Å². The van der Waals surface area contributed by atoms with Crippen molar-refractivity contribution in [1.29, 1.82) is 0 Å². The minimum atomic E-state index is -1.64. The summed E-state index contributed by atoms with van der Waals surface area (Å²) in [4.78, 5) is 75.8. The molecule has 0 radical (unpaired) electrons. The molecule has 55 heavy (non-hydrogen) atoms. The highest BCUT2D eigenvalue weighted by Crippen LogP contribution is 2.13. The van der Waals surface area contributed by atoms with Crippen LogP contribution in [0, 0.1) is 0 Å². The van der Waals surface area contributed by atoms with Crippen LogP contribution in [0.2, 0.25) is 0 Å². The van der Waals surface area contributed by atoms with Gasteiger partial charge in [-0.2, -0.15) is 0 Å². The number of aliphatic hydroxyl groups is 3. The minimum absolute atomic E-state index is 0.0289. The van der Waals surface area contributed by atoms with E-state index in [-0.39, 0.29) is 25.8 Å². The van der Waals surface area contributed by atoms with Crippen molar-refractivity contribution < 1.29 is 49.2 Å². The SMILES string of the molecule is CCCCCCCCCCCCCCCCNC(=O)N[C@@H](CCCCN)C(=O)N[C@@H](CO)C(=O)N[C@@H](CO)C(=O)N[C@@H](CCCN)C(=O)N[C@@H](CO)C(=O)O. The Morgan fingerprint density at radius 3 is 1.24 bits per heavy atom. The summed E-state index contributed by atoms with van der Waals surface area (Å²) in [6, 6.07) is -7.82. The van der Waals surface area contributed by atoms with Crippen LogP contribution in [0.25, 0.3) is 0 Å². The number of carbonyl (C=O) groups excluding carboxylic acids is 5. The van der Waals surface area contributed by atoms with E-state index in [1.54, 1.807) is 0 Å². The van der Waals surface area contributed by atoms with Crippen molar-refractivity contribution in [2.24, 2.45) is 11.5 Å². The lowest BCUT2D eigenvalue weighted by Crippen LogP contribution is -2.60. The van der Waals surface area contributed by atoms with E-state index in [1.165, 1.54) is 64.2 Å². The molecule has 0 spiro atoms. The van der Waals surface area contributed by atoms with Gasteiger partial charge in [-0.1, -0.05) is 90.4 Å². The van der Waals surface area contributed by atoms with Crippen LogP contribution in [-0.4, -0.2) is 126 Å². The first-order chi connectivity index (χ1) is 26.5. The summed E-state index contributed by atoms with van der Waals surface area (Å²) >= 11 is 0. The molecule has 0 unspecified atom stereocenters. The Labute approximate surface area is 326 Å². The summed E-state index contributed by atoms with van der Waals surface area (Å²) in [7, 11) is 0. The van der Waals surface area contributed by atoms with Gasteiger partial charge in [-0.3, -0.25) is 19.2 Å². The molecule has 0 fully saturated rings. The lowest BCUT2D eigenvalue weighted by atomic mass is 10.0. The zero-order valence-corrected chi connectivity index (χ0v) is 33.0. The summed E-state index contributed by atoms with van der Waals surface area (Å²) in [5.41, 5.74) is 11.1. The summed E-state index contributed by atoms with van der Waals surface area (Å²) in [6.45, 7) is 0.406. The fourth-order valence-electron chi connectivity index (χ4n) is 5.75. The number of unbranched alkanes of at least 4 members (excludes halogenated alkanes) is 14. The second-order valence-corrected chi connectivity index (χ2v) is 13.9. The van der Waals surface area contributed by atoms with Crippen LogP contribution in [0.15, 0.2) is 0 Å². The summed E-state index contributed by atoms with van der Waals surface area (Å²) in [5, 5.41) is 52.5. The molecule has 14 N–H and O–H groups in total. The molecular formula is C37H72N8O10. The third kappa shape index (κ3) is 25.3. The second kappa shape index (κ2) is 33.7. The predicted octanol–water partition coefficient (Wildman–Crippen LogP) is 0.00410. The number of hydrogen-bond donors (Lipinski definition) is 12. The van der Waals surface area contributed by atoms with E-state index in [9.17, 15) is 44.1 Å². The third-order valence-corrected chi connectivity index (χ3v) is 9.14. The molecule has 0 heterocycles. The molecule has 0 aliphatic carbocycles. The van der Waals surface area contributed by atoms with Gasteiger partial charge in [-0.15, -0.1) is 0 Å². The zero-order chi connectivity index (χ0) is 41.3. The van der Waals surface area contributed by atoms with Gasteiger partial charge in [-0.25, -0.2) is 9.59 Å². The molecular weight excluding hydrogens is 716 g/mol. The van der Waals surface area contributed by atoms with Crippen LogP contribution in [-0.2, 0) is 24.0 Å². The Bertz CT molecular complexity index is 1090. The molecule has 0 saturated carbocycles. The van der Waals surface area contributed by atoms with Crippen molar-refractivity contribution in [2.75, 3.05) is 39.5 Å². The van der Waals surface area contributed by atoms with Crippen molar-refractivity contribution in [1.82, 2.24) is 31.9 Å². The number of amides is 6.